The Morgan fingerprint density at radius 2 is 1.71 bits per heavy atom. The van der Waals surface area contributed by atoms with E-state index >= 15 is 0 Å². The van der Waals surface area contributed by atoms with Gasteiger partial charge in [0.1, 0.15) is 5.60 Å². The summed E-state index contributed by atoms with van der Waals surface area (Å²) in [6, 6.07) is 19.5. The molecule has 0 spiro atoms. The number of carbonyl (C=O) groups is 2. The molecule has 0 bridgehead atoms. The normalized spacial score (nSPS) is 14.6. The van der Waals surface area contributed by atoms with Crippen LogP contribution < -0.4 is 5.32 Å². The van der Waals surface area contributed by atoms with Gasteiger partial charge in [0.15, 0.2) is 5.65 Å². The van der Waals surface area contributed by atoms with Crippen molar-refractivity contribution in [2.45, 2.75) is 51.2 Å². The average molecular weight is 532 g/mol. The number of hydrogen-bond acceptors (Lipinski definition) is 5. The SMILES string of the molecule is COC(=O)c1cc(Cl)c2nc(-c3ccc(C4(NC(=O)OC(C)(C)C)CCC4)cc3)c(-c3ccccc3)n2c1. The van der Waals surface area contributed by atoms with E-state index in [1.54, 1.807) is 12.3 Å². The van der Waals surface area contributed by atoms with E-state index in [2.05, 4.69) is 5.32 Å². The summed E-state index contributed by atoms with van der Waals surface area (Å²) in [5, 5.41) is 3.46. The van der Waals surface area contributed by atoms with Crippen LogP contribution in [0.15, 0.2) is 66.9 Å². The standard InChI is InChI=1S/C30H30ClN3O4/c1-29(2,3)38-28(36)33-30(15-8-16-30)22-13-11-19(12-14-22)24-25(20-9-6-5-7-10-20)34-18-21(27(35)37-4)17-23(31)26(34)32-24/h5-7,9-14,17-18H,8,15-16H2,1-4H3,(H,33,36). The Labute approximate surface area is 226 Å². The summed E-state index contributed by atoms with van der Waals surface area (Å²) < 4.78 is 12.3. The average Bonchev–Trinajstić information content (AvgIpc) is 3.25. The molecule has 2 aromatic heterocycles. The van der Waals surface area contributed by atoms with Gasteiger partial charge in [-0.3, -0.25) is 4.40 Å². The minimum absolute atomic E-state index is 0.335. The fourth-order valence-corrected chi connectivity index (χ4v) is 5.12. The number of fused-ring (bicyclic) bond motifs is 1. The topological polar surface area (TPSA) is 81.9 Å². The second-order valence-corrected chi connectivity index (χ2v) is 11.0. The second kappa shape index (κ2) is 9.80. The smallest absolute Gasteiger partial charge is 0.408 e. The van der Waals surface area contributed by atoms with E-state index in [-0.39, 0.29) is 0 Å². The zero-order valence-electron chi connectivity index (χ0n) is 21.9. The molecule has 4 aromatic rings. The summed E-state index contributed by atoms with van der Waals surface area (Å²) in [6.07, 6.45) is 4.02. The molecule has 0 atom stereocenters. The van der Waals surface area contributed by atoms with Crippen LogP contribution in [0.25, 0.3) is 28.2 Å². The Balaban J connectivity index is 1.57. The number of pyridine rings is 1. The Morgan fingerprint density at radius 3 is 2.29 bits per heavy atom. The highest BCUT2D eigenvalue weighted by molar-refractivity contribution is 6.34. The van der Waals surface area contributed by atoms with Crippen LogP contribution in [0.5, 0.6) is 0 Å². The fraction of sp³-hybridized carbons (Fsp3) is 0.300. The van der Waals surface area contributed by atoms with Gasteiger partial charge in [-0.25, -0.2) is 14.6 Å². The van der Waals surface area contributed by atoms with Crippen molar-refractivity contribution >= 4 is 29.3 Å². The van der Waals surface area contributed by atoms with E-state index in [4.69, 9.17) is 26.1 Å². The van der Waals surface area contributed by atoms with Gasteiger partial charge in [-0.15, -0.1) is 0 Å². The number of rotatable bonds is 5. The van der Waals surface area contributed by atoms with Crippen LogP contribution in [0, 0.1) is 0 Å². The molecule has 7 nitrogen and oxygen atoms in total. The lowest BCUT2D eigenvalue weighted by molar-refractivity contribution is 0.0377. The van der Waals surface area contributed by atoms with Gasteiger partial charge in [0.25, 0.3) is 0 Å². The highest BCUT2D eigenvalue weighted by Gasteiger charge is 2.41. The second-order valence-electron chi connectivity index (χ2n) is 10.6. The number of amides is 1. The highest BCUT2D eigenvalue weighted by atomic mass is 35.5. The quantitative estimate of drug-likeness (QED) is 0.280. The molecule has 2 aromatic carbocycles. The Bertz CT molecular complexity index is 1500. The van der Waals surface area contributed by atoms with Crippen LogP contribution in [-0.4, -0.2) is 34.2 Å². The molecule has 8 heteroatoms. The molecule has 1 amide bonds. The minimum Gasteiger partial charge on any atom is -0.465 e. The molecule has 0 radical (unpaired) electrons. The molecule has 38 heavy (non-hydrogen) atoms. The molecule has 1 fully saturated rings. The third-order valence-electron chi connectivity index (χ3n) is 6.80. The Morgan fingerprint density at radius 1 is 1.03 bits per heavy atom. The number of nitrogens with zero attached hydrogens (tertiary/aromatic N) is 2. The molecule has 1 saturated carbocycles. The van der Waals surface area contributed by atoms with Crippen molar-refractivity contribution in [1.29, 1.82) is 0 Å². The van der Waals surface area contributed by atoms with Crippen molar-refractivity contribution in [3.8, 4) is 22.5 Å². The lowest BCUT2D eigenvalue weighted by Gasteiger charge is -2.43. The maximum Gasteiger partial charge on any atom is 0.408 e. The molecule has 1 aliphatic carbocycles. The Kier molecular flexibility index (Phi) is 6.65. The van der Waals surface area contributed by atoms with Crippen LogP contribution in [0.3, 0.4) is 0 Å². The third-order valence-corrected chi connectivity index (χ3v) is 7.08. The first kappa shape index (κ1) is 25.8. The first-order chi connectivity index (χ1) is 18.1. The van der Waals surface area contributed by atoms with Gasteiger partial charge in [0.05, 0.1) is 34.6 Å². The lowest BCUT2D eigenvalue weighted by atomic mass is 9.71. The number of ether oxygens (including phenoxy) is 2. The van der Waals surface area contributed by atoms with Crippen LogP contribution in [0.2, 0.25) is 5.02 Å². The summed E-state index contributed by atoms with van der Waals surface area (Å²) in [7, 11) is 1.34. The van der Waals surface area contributed by atoms with Gasteiger partial charge < -0.3 is 14.8 Å². The van der Waals surface area contributed by atoms with Crippen LogP contribution in [0.1, 0.15) is 56.0 Å². The van der Waals surface area contributed by atoms with Crippen LogP contribution >= 0.6 is 11.6 Å². The van der Waals surface area contributed by atoms with Crippen LogP contribution in [0.4, 0.5) is 4.79 Å². The lowest BCUT2D eigenvalue weighted by Crippen LogP contribution is -2.52. The molecule has 0 unspecified atom stereocenters. The van der Waals surface area contributed by atoms with Gasteiger partial charge in [0, 0.05) is 17.3 Å². The van der Waals surface area contributed by atoms with Gasteiger partial charge in [-0.2, -0.15) is 0 Å². The predicted molar refractivity (Wildman–Crippen MR) is 147 cm³/mol. The van der Waals surface area contributed by atoms with Crippen LogP contribution in [-0.2, 0) is 15.0 Å². The number of halogens is 1. The molecule has 1 aliphatic rings. The number of carbonyl (C=O) groups excluding carboxylic acids is 2. The van der Waals surface area contributed by atoms with E-state index in [0.29, 0.717) is 16.2 Å². The van der Waals surface area contributed by atoms with Gasteiger partial charge in [0.2, 0.25) is 0 Å². The number of methoxy groups -OCH3 is 1. The first-order valence-corrected chi connectivity index (χ1v) is 13.0. The molecule has 1 N–H and O–H groups in total. The molecular formula is C30H30ClN3O4. The number of alkyl carbamates (subject to hydrolysis) is 1. The summed E-state index contributed by atoms with van der Waals surface area (Å²) in [6.45, 7) is 5.57. The van der Waals surface area contributed by atoms with E-state index in [0.717, 1.165) is 47.3 Å². The highest BCUT2D eigenvalue weighted by Crippen LogP contribution is 2.43. The Hall–Kier alpha value is -3.84. The van der Waals surface area contributed by atoms with E-state index in [1.807, 2.05) is 79.8 Å². The van der Waals surface area contributed by atoms with Gasteiger partial charge in [-0.1, -0.05) is 66.2 Å². The summed E-state index contributed by atoms with van der Waals surface area (Å²) in [4.78, 5) is 29.8. The minimum atomic E-state index is -0.565. The van der Waals surface area contributed by atoms with E-state index in [9.17, 15) is 9.59 Å². The molecule has 0 aliphatic heterocycles. The van der Waals surface area contributed by atoms with Crippen molar-refractivity contribution in [2.24, 2.45) is 0 Å². The van der Waals surface area contributed by atoms with Crippen molar-refractivity contribution in [2.75, 3.05) is 7.11 Å². The molecule has 0 saturated heterocycles. The molecule has 2 heterocycles. The summed E-state index contributed by atoms with van der Waals surface area (Å²) in [5.41, 5.74) is 4.25. The van der Waals surface area contributed by atoms with E-state index in [1.165, 1.54) is 7.11 Å². The van der Waals surface area contributed by atoms with Crippen molar-refractivity contribution in [1.82, 2.24) is 14.7 Å². The first-order valence-electron chi connectivity index (χ1n) is 12.6. The van der Waals surface area contributed by atoms with Gasteiger partial charge >= 0.3 is 12.1 Å². The summed E-state index contributed by atoms with van der Waals surface area (Å²) in [5.74, 6) is -0.476. The van der Waals surface area contributed by atoms with Gasteiger partial charge in [-0.05, 0) is 51.7 Å². The zero-order valence-corrected chi connectivity index (χ0v) is 22.6. The largest absolute Gasteiger partial charge is 0.465 e. The maximum absolute atomic E-state index is 12.6. The van der Waals surface area contributed by atoms with Crippen molar-refractivity contribution < 1.29 is 19.1 Å². The number of benzene rings is 2. The number of esters is 1. The van der Waals surface area contributed by atoms with Crippen molar-refractivity contribution in [3.05, 3.63) is 83.0 Å². The number of nitrogens with one attached hydrogen (secondary N) is 1. The maximum atomic E-state index is 12.6. The number of hydrogen-bond donors (Lipinski definition) is 1. The van der Waals surface area contributed by atoms with Crippen molar-refractivity contribution in [3.63, 3.8) is 0 Å². The molecule has 5 rings (SSSR count). The van der Waals surface area contributed by atoms with E-state index < -0.39 is 23.2 Å². The third kappa shape index (κ3) is 4.86. The predicted octanol–water partition coefficient (Wildman–Crippen LogP) is 7.01. The number of imidazole rings is 1. The zero-order chi connectivity index (χ0) is 27.1. The monoisotopic (exact) mass is 531 g/mol. The molecule has 196 valence electrons. The summed E-state index contributed by atoms with van der Waals surface area (Å²) >= 11 is 6.59. The molecular weight excluding hydrogens is 502 g/mol. The number of aromatic nitrogens is 2. The fourth-order valence-electron chi connectivity index (χ4n) is 4.87.